The van der Waals surface area contributed by atoms with Gasteiger partial charge in [-0.05, 0) is 67.0 Å². The predicted octanol–water partition coefficient (Wildman–Crippen LogP) is 3.10. The van der Waals surface area contributed by atoms with Crippen LogP contribution in [0, 0.1) is 13.8 Å². The lowest BCUT2D eigenvalue weighted by Gasteiger charge is -2.27. The molecule has 0 aromatic heterocycles. The van der Waals surface area contributed by atoms with Gasteiger partial charge in [0, 0.05) is 12.2 Å². The van der Waals surface area contributed by atoms with E-state index in [1.165, 1.54) is 39.9 Å². The first-order chi connectivity index (χ1) is 15.8. The number of benzene rings is 3. The molecular formula is C28H34N2O3. The van der Waals surface area contributed by atoms with Crippen LogP contribution < -0.4 is 15.7 Å². The molecule has 5 nitrogen and oxygen atoms in total. The van der Waals surface area contributed by atoms with E-state index >= 15 is 0 Å². The third kappa shape index (κ3) is 6.77. The molecule has 0 heterocycles. The normalized spacial score (nSPS) is 10.2. The van der Waals surface area contributed by atoms with Crippen molar-refractivity contribution in [2.24, 2.45) is 0 Å². The van der Waals surface area contributed by atoms with E-state index in [-0.39, 0.29) is 11.5 Å². The van der Waals surface area contributed by atoms with E-state index in [0.29, 0.717) is 13.1 Å². The summed E-state index contributed by atoms with van der Waals surface area (Å²) in [6.07, 6.45) is 1.90. The highest BCUT2D eigenvalue weighted by atomic mass is 16.4. The van der Waals surface area contributed by atoms with Crippen LogP contribution in [0.25, 0.3) is 0 Å². The molecule has 0 bridgehead atoms. The molecule has 1 amide bonds. The predicted molar refractivity (Wildman–Crippen MR) is 131 cm³/mol. The number of aromatic carboxylic acids is 1. The van der Waals surface area contributed by atoms with Gasteiger partial charge in [0.2, 0.25) is 0 Å². The van der Waals surface area contributed by atoms with E-state index < -0.39 is 5.97 Å². The van der Waals surface area contributed by atoms with Crippen molar-refractivity contribution in [3.63, 3.8) is 0 Å². The van der Waals surface area contributed by atoms with Crippen molar-refractivity contribution in [2.45, 2.75) is 40.5 Å². The molecule has 0 saturated heterocycles. The lowest BCUT2D eigenvalue weighted by molar-refractivity contribution is -0.354. The lowest BCUT2D eigenvalue weighted by atomic mass is 9.90. The number of quaternary nitrogens is 1. The fraction of sp³-hybridized carbons (Fsp3) is 0.286. The second-order valence-corrected chi connectivity index (χ2v) is 7.86. The maximum atomic E-state index is 12.3. The largest absolute Gasteiger partial charge is 0.545 e. The van der Waals surface area contributed by atoms with E-state index in [1.807, 2.05) is 17.9 Å². The number of nitrogens with zero attached hydrogens (tertiary/aromatic N) is 1. The van der Waals surface area contributed by atoms with Crippen LogP contribution in [-0.2, 0) is 17.6 Å². The molecular weight excluding hydrogens is 412 g/mol. The van der Waals surface area contributed by atoms with Gasteiger partial charge in [-0.2, -0.15) is 0 Å². The van der Waals surface area contributed by atoms with Crippen LogP contribution in [0.3, 0.4) is 0 Å². The highest BCUT2D eigenvalue weighted by molar-refractivity contribution is 5.95. The van der Waals surface area contributed by atoms with Gasteiger partial charge < -0.3 is 20.5 Å². The van der Waals surface area contributed by atoms with Crippen molar-refractivity contribution in [3.05, 3.63) is 100 Å². The summed E-state index contributed by atoms with van der Waals surface area (Å²) in [7, 11) is 0. The van der Waals surface area contributed by atoms with E-state index in [0.717, 1.165) is 18.5 Å². The number of anilines is 1. The topological polar surface area (TPSA) is 88.1 Å². The number of carboxylic acids is 1. The molecule has 5 heteroatoms. The van der Waals surface area contributed by atoms with Gasteiger partial charge in [0.05, 0.1) is 5.97 Å². The molecule has 3 aromatic carbocycles. The maximum absolute atomic E-state index is 12.3. The van der Waals surface area contributed by atoms with E-state index in [2.05, 4.69) is 56.8 Å². The molecule has 174 valence electrons. The SMILES string of the molecule is CCc1c(Cc2ccccc2)cc(C)c(N(CC)C(=O)C[NH3+])c1C.O=C([O-])c1ccccc1. The molecule has 0 atom stereocenters. The Hall–Kier alpha value is -3.44. The molecule has 0 unspecified atom stereocenters. The highest BCUT2D eigenvalue weighted by Crippen LogP contribution is 2.32. The maximum Gasteiger partial charge on any atom is 0.282 e. The monoisotopic (exact) mass is 446 g/mol. The average molecular weight is 447 g/mol. The van der Waals surface area contributed by atoms with Crippen LogP contribution in [0.2, 0.25) is 0 Å². The van der Waals surface area contributed by atoms with Crippen LogP contribution in [0.5, 0.6) is 0 Å². The Labute approximate surface area is 196 Å². The van der Waals surface area contributed by atoms with Crippen LogP contribution in [0.1, 0.15) is 52.0 Å². The van der Waals surface area contributed by atoms with Crippen LogP contribution in [0.4, 0.5) is 5.69 Å². The van der Waals surface area contributed by atoms with Gasteiger partial charge >= 0.3 is 0 Å². The van der Waals surface area contributed by atoms with Crippen LogP contribution in [-0.4, -0.2) is 25.0 Å². The minimum Gasteiger partial charge on any atom is -0.545 e. The summed E-state index contributed by atoms with van der Waals surface area (Å²) in [6, 6.07) is 20.9. The van der Waals surface area contributed by atoms with E-state index in [4.69, 9.17) is 0 Å². The number of rotatable bonds is 7. The quantitative estimate of drug-likeness (QED) is 0.605. The zero-order chi connectivity index (χ0) is 24.4. The summed E-state index contributed by atoms with van der Waals surface area (Å²) in [5, 5.41) is 10.1. The second-order valence-electron chi connectivity index (χ2n) is 7.86. The summed E-state index contributed by atoms with van der Waals surface area (Å²) >= 11 is 0. The average Bonchev–Trinajstić information content (AvgIpc) is 2.83. The number of aryl methyl sites for hydroxylation is 1. The zero-order valence-electron chi connectivity index (χ0n) is 20.1. The number of hydrogen-bond donors (Lipinski definition) is 1. The molecule has 0 saturated carbocycles. The van der Waals surface area contributed by atoms with E-state index in [9.17, 15) is 14.7 Å². The van der Waals surface area contributed by atoms with Crippen molar-refractivity contribution in [3.8, 4) is 0 Å². The molecule has 0 radical (unpaired) electrons. The van der Waals surface area contributed by atoms with Gasteiger partial charge in [-0.1, -0.05) is 73.7 Å². The van der Waals surface area contributed by atoms with Crippen molar-refractivity contribution >= 4 is 17.6 Å². The first-order valence-corrected chi connectivity index (χ1v) is 11.4. The highest BCUT2D eigenvalue weighted by Gasteiger charge is 2.21. The first kappa shape index (κ1) is 25.8. The standard InChI is InChI=1S/C21H28N2O.C7H6O2/c1-5-19-16(4)21(23(6-2)20(24)14-22)15(3)12-18(19)13-17-10-8-7-9-11-17;8-7(9)6-4-2-1-3-5-6/h7-12H,5-6,13-14,22H2,1-4H3;1-5H,(H,8,9). The van der Waals surface area contributed by atoms with Gasteiger partial charge in [0.25, 0.3) is 5.91 Å². The van der Waals surface area contributed by atoms with Crippen molar-refractivity contribution < 1.29 is 20.4 Å². The Bertz CT molecular complexity index is 1060. The van der Waals surface area contributed by atoms with Crippen LogP contribution in [0.15, 0.2) is 66.7 Å². The molecule has 33 heavy (non-hydrogen) atoms. The number of carbonyl (C=O) groups excluding carboxylic acids is 2. The van der Waals surface area contributed by atoms with Gasteiger partial charge in [-0.3, -0.25) is 4.79 Å². The van der Waals surface area contributed by atoms with Crippen LogP contribution >= 0.6 is 0 Å². The van der Waals surface area contributed by atoms with Crippen molar-refractivity contribution in [1.29, 1.82) is 0 Å². The fourth-order valence-electron chi connectivity index (χ4n) is 4.15. The smallest absolute Gasteiger partial charge is 0.282 e. The van der Waals surface area contributed by atoms with Gasteiger partial charge in [-0.25, -0.2) is 0 Å². The summed E-state index contributed by atoms with van der Waals surface area (Å²) in [6.45, 7) is 9.44. The summed E-state index contributed by atoms with van der Waals surface area (Å²) in [4.78, 5) is 24.3. The third-order valence-corrected chi connectivity index (χ3v) is 5.66. The summed E-state index contributed by atoms with van der Waals surface area (Å²) in [5.74, 6) is -1.04. The lowest BCUT2D eigenvalue weighted by Crippen LogP contribution is -2.58. The summed E-state index contributed by atoms with van der Waals surface area (Å²) < 4.78 is 0. The molecule has 0 spiro atoms. The van der Waals surface area contributed by atoms with Crippen molar-refractivity contribution in [2.75, 3.05) is 18.0 Å². The van der Waals surface area contributed by atoms with Gasteiger partial charge in [0.1, 0.15) is 0 Å². The zero-order valence-corrected chi connectivity index (χ0v) is 20.1. The molecule has 3 rings (SSSR count). The first-order valence-electron chi connectivity index (χ1n) is 11.4. The van der Waals surface area contributed by atoms with Gasteiger partial charge in [0.15, 0.2) is 6.54 Å². The molecule has 0 aliphatic rings. The summed E-state index contributed by atoms with van der Waals surface area (Å²) in [5.41, 5.74) is 11.5. The Morgan fingerprint density at radius 3 is 1.97 bits per heavy atom. The fourth-order valence-corrected chi connectivity index (χ4v) is 4.15. The molecule has 3 N–H and O–H groups in total. The van der Waals surface area contributed by atoms with Gasteiger partial charge in [-0.15, -0.1) is 0 Å². The number of amides is 1. The molecule has 3 aromatic rings. The molecule has 0 aliphatic carbocycles. The Balaban J connectivity index is 0.000000357. The minimum atomic E-state index is -1.13. The second kappa shape index (κ2) is 12.6. The van der Waals surface area contributed by atoms with E-state index in [1.54, 1.807) is 18.2 Å². The number of carboxylic acid groups (broad SMARTS) is 1. The number of carbonyl (C=O) groups is 2. The Morgan fingerprint density at radius 2 is 1.52 bits per heavy atom. The Morgan fingerprint density at radius 1 is 0.939 bits per heavy atom. The molecule has 0 fully saturated rings. The van der Waals surface area contributed by atoms with Crippen molar-refractivity contribution in [1.82, 2.24) is 0 Å². The number of hydrogen-bond acceptors (Lipinski definition) is 3. The molecule has 0 aliphatic heterocycles. The third-order valence-electron chi connectivity index (χ3n) is 5.66. The minimum absolute atomic E-state index is 0.0848. The Kier molecular flexibility index (Phi) is 9.83. The number of likely N-dealkylation sites (N-methyl/N-ethyl adjacent to an activating group) is 1.